The number of nitrogens with two attached hydrogens (primary N) is 1. The SMILES string of the molecule is C=CCCN1CCC(CN)C1. The van der Waals surface area contributed by atoms with Crippen LogP contribution in [0, 0.1) is 5.92 Å². The van der Waals surface area contributed by atoms with Crippen LogP contribution < -0.4 is 5.73 Å². The van der Waals surface area contributed by atoms with E-state index in [1.54, 1.807) is 0 Å². The Morgan fingerprint density at radius 1 is 1.64 bits per heavy atom. The molecule has 0 aliphatic carbocycles. The molecule has 0 aromatic carbocycles. The minimum absolute atomic E-state index is 0.750. The lowest BCUT2D eigenvalue weighted by molar-refractivity contribution is 0.332. The third kappa shape index (κ3) is 2.64. The summed E-state index contributed by atoms with van der Waals surface area (Å²) in [5.41, 5.74) is 5.58. The Morgan fingerprint density at radius 2 is 2.45 bits per heavy atom. The summed E-state index contributed by atoms with van der Waals surface area (Å²) in [4.78, 5) is 2.47. The molecule has 1 aliphatic heterocycles. The fourth-order valence-corrected chi connectivity index (χ4v) is 1.58. The van der Waals surface area contributed by atoms with Gasteiger partial charge in [0.15, 0.2) is 0 Å². The zero-order valence-electron chi connectivity index (χ0n) is 7.13. The molecule has 2 N–H and O–H groups in total. The van der Waals surface area contributed by atoms with E-state index >= 15 is 0 Å². The number of hydrogen-bond acceptors (Lipinski definition) is 2. The smallest absolute Gasteiger partial charge is 0.00223 e. The lowest BCUT2D eigenvalue weighted by atomic mass is 10.1. The largest absolute Gasteiger partial charge is 0.330 e. The summed E-state index contributed by atoms with van der Waals surface area (Å²) in [7, 11) is 0. The first-order chi connectivity index (χ1) is 5.36. The van der Waals surface area contributed by atoms with Gasteiger partial charge >= 0.3 is 0 Å². The highest BCUT2D eigenvalue weighted by Crippen LogP contribution is 2.14. The summed E-state index contributed by atoms with van der Waals surface area (Å²) in [6, 6.07) is 0. The van der Waals surface area contributed by atoms with Gasteiger partial charge in [0.1, 0.15) is 0 Å². The molecule has 64 valence electrons. The first-order valence-corrected chi connectivity index (χ1v) is 4.40. The van der Waals surface area contributed by atoms with Crippen LogP contribution >= 0.6 is 0 Å². The van der Waals surface area contributed by atoms with E-state index in [9.17, 15) is 0 Å². The molecule has 2 nitrogen and oxygen atoms in total. The average molecular weight is 154 g/mol. The second-order valence-electron chi connectivity index (χ2n) is 3.27. The molecule has 1 aliphatic rings. The lowest BCUT2D eigenvalue weighted by Gasteiger charge is -2.13. The van der Waals surface area contributed by atoms with Crippen molar-refractivity contribution < 1.29 is 0 Å². The highest BCUT2D eigenvalue weighted by Gasteiger charge is 2.19. The molecule has 1 fully saturated rings. The summed E-state index contributed by atoms with van der Waals surface area (Å²) in [6.45, 7) is 8.16. The van der Waals surface area contributed by atoms with Crippen molar-refractivity contribution in [2.75, 3.05) is 26.2 Å². The first-order valence-electron chi connectivity index (χ1n) is 4.40. The maximum absolute atomic E-state index is 5.58. The number of rotatable bonds is 4. The second-order valence-corrected chi connectivity index (χ2v) is 3.27. The van der Waals surface area contributed by atoms with E-state index in [1.807, 2.05) is 6.08 Å². The second kappa shape index (κ2) is 4.52. The standard InChI is InChI=1S/C9H18N2/c1-2-3-5-11-6-4-9(7-10)8-11/h2,9H,1,3-8,10H2. The van der Waals surface area contributed by atoms with E-state index in [1.165, 1.54) is 26.1 Å². The van der Waals surface area contributed by atoms with Crippen molar-refractivity contribution in [1.82, 2.24) is 4.90 Å². The molecule has 1 unspecified atom stereocenters. The van der Waals surface area contributed by atoms with Crippen LogP contribution in [-0.4, -0.2) is 31.1 Å². The van der Waals surface area contributed by atoms with Crippen molar-refractivity contribution in [2.45, 2.75) is 12.8 Å². The molecule has 0 radical (unpaired) electrons. The summed E-state index contributed by atoms with van der Waals surface area (Å²) in [5.74, 6) is 0.750. The van der Waals surface area contributed by atoms with Gasteiger partial charge in [0, 0.05) is 13.1 Å². The van der Waals surface area contributed by atoms with Gasteiger partial charge < -0.3 is 10.6 Å². The summed E-state index contributed by atoms with van der Waals surface area (Å²) < 4.78 is 0. The van der Waals surface area contributed by atoms with Gasteiger partial charge in [0.25, 0.3) is 0 Å². The van der Waals surface area contributed by atoms with Crippen LogP contribution in [-0.2, 0) is 0 Å². The molecule has 1 heterocycles. The van der Waals surface area contributed by atoms with E-state index in [0.29, 0.717) is 0 Å². The van der Waals surface area contributed by atoms with Crippen LogP contribution in [0.5, 0.6) is 0 Å². The third-order valence-electron chi connectivity index (χ3n) is 2.35. The van der Waals surface area contributed by atoms with Crippen LogP contribution in [0.2, 0.25) is 0 Å². The summed E-state index contributed by atoms with van der Waals surface area (Å²) in [5, 5.41) is 0. The molecule has 2 heteroatoms. The Bertz CT molecular complexity index is 123. The van der Waals surface area contributed by atoms with E-state index in [0.717, 1.165) is 18.9 Å². The van der Waals surface area contributed by atoms with E-state index < -0.39 is 0 Å². The monoisotopic (exact) mass is 154 g/mol. The molecule has 1 atom stereocenters. The van der Waals surface area contributed by atoms with Gasteiger partial charge in [0.05, 0.1) is 0 Å². The predicted molar refractivity (Wildman–Crippen MR) is 48.4 cm³/mol. The van der Waals surface area contributed by atoms with Crippen molar-refractivity contribution in [3.63, 3.8) is 0 Å². The average Bonchev–Trinajstić information content (AvgIpc) is 2.48. The highest BCUT2D eigenvalue weighted by molar-refractivity contribution is 4.78. The van der Waals surface area contributed by atoms with Crippen molar-refractivity contribution in [2.24, 2.45) is 11.7 Å². The van der Waals surface area contributed by atoms with Gasteiger partial charge in [-0.15, -0.1) is 6.58 Å². The van der Waals surface area contributed by atoms with Crippen LogP contribution in [0.3, 0.4) is 0 Å². The quantitative estimate of drug-likeness (QED) is 0.608. The molecule has 0 spiro atoms. The maximum Gasteiger partial charge on any atom is 0.00223 e. The number of nitrogens with zero attached hydrogens (tertiary/aromatic N) is 1. The van der Waals surface area contributed by atoms with Crippen molar-refractivity contribution >= 4 is 0 Å². The van der Waals surface area contributed by atoms with Crippen LogP contribution in [0.1, 0.15) is 12.8 Å². The lowest BCUT2D eigenvalue weighted by Crippen LogP contribution is -2.23. The van der Waals surface area contributed by atoms with Gasteiger partial charge in [-0.3, -0.25) is 0 Å². The Hall–Kier alpha value is -0.340. The minimum Gasteiger partial charge on any atom is -0.330 e. The van der Waals surface area contributed by atoms with Crippen LogP contribution in [0.4, 0.5) is 0 Å². The molecule has 11 heavy (non-hydrogen) atoms. The molecular formula is C9H18N2. The Balaban J connectivity index is 2.13. The summed E-state index contributed by atoms with van der Waals surface area (Å²) >= 11 is 0. The molecule has 1 saturated heterocycles. The number of hydrogen-bond donors (Lipinski definition) is 1. The number of likely N-dealkylation sites (tertiary alicyclic amines) is 1. The molecule has 0 amide bonds. The molecule has 1 rings (SSSR count). The highest BCUT2D eigenvalue weighted by atomic mass is 15.1. The fourth-order valence-electron chi connectivity index (χ4n) is 1.58. The van der Waals surface area contributed by atoms with Crippen LogP contribution in [0.25, 0.3) is 0 Å². The zero-order chi connectivity index (χ0) is 8.10. The topological polar surface area (TPSA) is 29.3 Å². The summed E-state index contributed by atoms with van der Waals surface area (Å²) in [6.07, 6.45) is 4.38. The normalized spacial score (nSPS) is 25.7. The van der Waals surface area contributed by atoms with Crippen molar-refractivity contribution in [1.29, 1.82) is 0 Å². The van der Waals surface area contributed by atoms with Gasteiger partial charge in [-0.05, 0) is 31.8 Å². The zero-order valence-corrected chi connectivity index (χ0v) is 7.13. The molecular weight excluding hydrogens is 136 g/mol. The van der Waals surface area contributed by atoms with Gasteiger partial charge in [-0.25, -0.2) is 0 Å². The predicted octanol–water partition coefficient (Wildman–Crippen LogP) is 0.843. The van der Waals surface area contributed by atoms with E-state index in [2.05, 4.69) is 11.5 Å². The van der Waals surface area contributed by atoms with Gasteiger partial charge in [-0.1, -0.05) is 6.08 Å². The van der Waals surface area contributed by atoms with Crippen molar-refractivity contribution in [3.8, 4) is 0 Å². The van der Waals surface area contributed by atoms with E-state index in [-0.39, 0.29) is 0 Å². The van der Waals surface area contributed by atoms with Crippen LogP contribution in [0.15, 0.2) is 12.7 Å². The van der Waals surface area contributed by atoms with Gasteiger partial charge in [-0.2, -0.15) is 0 Å². The Kier molecular flexibility index (Phi) is 3.60. The maximum atomic E-state index is 5.58. The first kappa shape index (κ1) is 8.75. The van der Waals surface area contributed by atoms with Gasteiger partial charge in [0.2, 0.25) is 0 Å². The fraction of sp³-hybridized carbons (Fsp3) is 0.778. The minimum atomic E-state index is 0.750. The molecule has 0 aromatic rings. The Labute approximate surface area is 69.1 Å². The molecule has 0 saturated carbocycles. The molecule has 0 bridgehead atoms. The molecule has 0 aromatic heterocycles. The van der Waals surface area contributed by atoms with Crippen molar-refractivity contribution in [3.05, 3.63) is 12.7 Å². The Morgan fingerprint density at radius 3 is 3.00 bits per heavy atom. The third-order valence-corrected chi connectivity index (χ3v) is 2.35. The van der Waals surface area contributed by atoms with E-state index in [4.69, 9.17) is 5.73 Å².